The molecule has 0 saturated carbocycles. The first-order chi connectivity index (χ1) is 7.13. The van der Waals surface area contributed by atoms with E-state index in [1.165, 1.54) is 10.9 Å². The number of aromatic nitrogens is 1. The number of aliphatic hydroxyl groups is 1. The molecule has 1 aromatic carbocycles. The lowest BCUT2D eigenvalue weighted by Gasteiger charge is -2.05. The van der Waals surface area contributed by atoms with Gasteiger partial charge in [-0.25, -0.2) is 0 Å². The van der Waals surface area contributed by atoms with Crippen LogP contribution in [-0.2, 0) is 7.05 Å². The van der Waals surface area contributed by atoms with Gasteiger partial charge in [0.1, 0.15) is 0 Å². The number of rotatable bonds is 2. The minimum atomic E-state index is 0.162. The van der Waals surface area contributed by atoms with E-state index in [9.17, 15) is 5.11 Å². The van der Waals surface area contributed by atoms with Crippen molar-refractivity contribution in [2.45, 2.75) is 12.8 Å². The van der Waals surface area contributed by atoms with Crippen LogP contribution in [0, 0.1) is 0 Å². The van der Waals surface area contributed by atoms with Crippen LogP contribution in [0.15, 0.2) is 24.4 Å². The first-order valence-corrected chi connectivity index (χ1v) is 5.36. The molecule has 0 bridgehead atoms. The summed E-state index contributed by atoms with van der Waals surface area (Å²) >= 11 is 5.95. The van der Waals surface area contributed by atoms with Crippen molar-refractivity contribution in [3.63, 3.8) is 0 Å². The highest BCUT2D eigenvalue weighted by molar-refractivity contribution is 6.31. The summed E-state index contributed by atoms with van der Waals surface area (Å²) in [6, 6.07) is 5.85. The smallest absolute Gasteiger partial charge is 0.0497 e. The zero-order valence-electron chi connectivity index (χ0n) is 8.87. The molecule has 0 aliphatic heterocycles. The third-order valence-electron chi connectivity index (χ3n) is 2.79. The summed E-state index contributed by atoms with van der Waals surface area (Å²) < 4.78 is 2.04. The van der Waals surface area contributed by atoms with Gasteiger partial charge in [-0.15, -0.1) is 0 Å². The Labute approximate surface area is 94.1 Å². The van der Waals surface area contributed by atoms with Gasteiger partial charge < -0.3 is 9.67 Å². The predicted octanol–water partition coefficient (Wildman–Crippen LogP) is 2.93. The van der Waals surface area contributed by atoms with Crippen molar-refractivity contribution in [2.24, 2.45) is 7.05 Å². The second-order valence-electron chi connectivity index (χ2n) is 3.94. The van der Waals surface area contributed by atoms with Crippen molar-refractivity contribution in [2.75, 3.05) is 6.61 Å². The summed E-state index contributed by atoms with van der Waals surface area (Å²) in [7, 11) is 1.99. The molecular formula is C12H14ClNO. The average molecular weight is 224 g/mol. The number of aryl methyl sites for hydroxylation is 1. The van der Waals surface area contributed by atoms with E-state index in [2.05, 4.69) is 6.20 Å². The third kappa shape index (κ3) is 1.75. The molecule has 0 spiro atoms. The van der Waals surface area contributed by atoms with Gasteiger partial charge in [-0.3, -0.25) is 0 Å². The van der Waals surface area contributed by atoms with E-state index < -0.39 is 0 Å². The molecule has 0 amide bonds. The lowest BCUT2D eigenvalue weighted by atomic mass is 10.0. The Balaban J connectivity index is 2.68. The Kier molecular flexibility index (Phi) is 2.72. The van der Waals surface area contributed by atoms with E-state index in [4.69, 9.17) is 11.6 Å². The van der Waals surface area contributed by atoms with E-state index in [1.54, 1.807) is 0 Å². The SMILES string of the molecule is CC(CO)c1cn(C)c2cc(Cl)ccc12. The number of benzene rings is 1. The van der Waals surface area contributed by atoms with Gasteiger partial charge in [0.25, 0.3) is 0 Å². The van der Waals surface area contributed by atoms with Crippen LogP contribution in [-0.4, -0.2) is 16.3 Å². The van der Waals surface area contributed by atoms with Crippen LogP contribution in [0.1, 0.15) is 18.4 Å². The molecule has 2 nitrogen and oxygen atoms in total. The van der Waals surface area contributed by atoms with E-state index in [0.717, 1.165) is 10.5 Å². The highest BCUT2D eigenvalue weighted by atomic mass is 35.5. The fourth-order valence-electron chi connectivity index (χ4n) is 1.88. The van der Waals surface area contributed by atoms with Gasteiger partial charge in [-0.1, -0.05) is 24.6 Å². The van der Waals surface area contributed by atoms with Crippen molar-refractivity contribution in [1.82, 2.24) is 4.57 Å². The maximum absolute atomic E-state index is 9.18. The molecule has 0 aliphatic rings. The quantitative estimate of drug-likeness (QED) is 0.832. The van der Waals surface area contributed by atoms with Crippen molar-refractivity contribution in [1.29, 1.82) is 0 Å². The van der Waals surface area contributed by atoms with Crippen LogP contribution in [0.3, 0.4) is 0 Å². The number of halogens is 1. The number of fused-ring (bicyclic) bond motifs is 1. The van der Waals surface area contributed by atoms with Crippen molar-refractivity contribution < 1.29 is 5.11 Å². The lowest BCUT2D eigenvalue weighted by molar-refractivity contribution is 0.273. The van der Waals surface area contributed by atoms with E-state index >= 15 is 0 Å². The molecule has 2 aromatic rings. The summed E-state index contributed by atoms with van der Waals surface area (Å²) in [5.41, 5.74) is 2.28. The normalized spacial score (nSPS) is 13.3. The van der Waals surface area contributed by atoms with Crippen molar-refractivity contribution in [3.8, 4) is 0 Å². The summed E-state index contributed by atoms with van der Waals surface area (Å²) in [5.74, 6) is 0.162. The summed E-state index contributed by atoms with van der Waals surface area (Å²) in [4.78, 5) is 0. The Bertz CT molecular complexity index is 490. The van der Waals surface area contributed by atoms with Crippen LogP contribution in [0.4, 0.5) is 0 Å². The van der Waals surface area contributed by atoms with Crippen LogP contribution in [0.5, 0.6) is 0 Å². The van der Waals surface area contributed by atoms with Gasteiger partial charge in [0.05, 0.1) is 0 Å². The maximum Gasteiger partial charge on any atom is 0.0497 e. The number of aliphatic hydroxyl groups excluding tert-OH is 1. The van der Waals surface area contributed by atoms with Gasteiger partial charge in [-0.05, 0) is 17.7 Å². The summed E-state index contributed by atoms with van der Waals surface area (Å²) in [5, 5.41) is 11.1. The highest BCUT2D eigenvalue weighted by Gasteiger charge is 2.12. The monoisotopic (exact) mass is 223 g/mol. The second-order valence-corrected chi connectivity index (χ2v) is 4.38. The highest BCUT2D eigenvalue weighted by Crippen LogP contribution is 2.28. The molecule has 1 atom stereocenters. The number of hydrogen-bond donors (Lipinski definition) is 1. The van der Waals surface area contributed by atoms with Crippen LogP contribution in [0.2, 0.25) is 5.02 Å². The van der Waals surface area contributed by atoms with Gasteiger partial charge in [0.2, 0.25) is 0 Å². The first-order valence-electron chi connectivity index (χ1n) is 4.99. The van der Waals surface area contributed by atoms with Gasteiger partial charge in [0, 0.05) is 41.7 Å². The van der Waals surface area contributed by atoms with Gasteiger partial charge in [0.15, 0.2) is 0 Å². The Morgan fingerprint density at radius 1 is 1.47 bits per heavy atom. The van der Waals surface area contributed by atoms with Crippen LogP contribution < -0.4 is 0 Å². The minimum Gasteiger partial charge on any atom is -0.396 e. The Hall–Kier alpha value is -0.990. The second kappa shape index (κ2) is 3.87. The Morgan fingerprint density at radius 3 is 2.87 bits per heavy atom. The summed E-state index contributed by atoms with van der Waals surface area (Å²) in [6.07, 6.45) is 2.06. The standard InChI is InChI=1S/C12H14ClNO/c1-8(7-15)11-6-14(2)12-5-9(13)3-4-10(11)12/h3-6,8,15H,7H2,1-2H3. The minimum absolute atomic E-state index is 0.162. The molecular weight excluding hydrogens is 210 g/mol. The largest absolute Gasteiger partial charge is 0.396 e. The van der Waals surface area contributed by atoms with E-state index in [-0.39, 0.29) is 12.5 Å². The molecule has 80 valence electrons. The maximum atomic E-state index is 9.18. The molecule has 1 aromatic heterocycles. The van der Waals surface area contributed by atoms with Crippen molar-refractivity contribution in [3.05, 3.63) is 35.0 Å². The number of nitrogens with zero attached hydrogens (tertiary/aromatic N) is 1. The first kappa shape index (κ1) is 10.5. The molecule has 1 unspecified atom stereocenters. The number of hydrogen-bond acceptors (Lipinski definition) is 1. The molecule has 0 fully saturated rings. The van der Waals surface area contributed by atoms with Crippen LogP contribution >= 0.6 is 11.6 Å². The molecule has 1 heterocycles. The predicted molar refractivity (Wildman–Crippen MR) is 63.4 cm³/mol. The molecule has 15 heavy (non-hydrogen) atoms. The summed E-state index contributed by atoms with van der Waals surface area (Å²) in [6.45, 7) is 2.19. The van der Waals surface area contributed by atoms with Crippen LogP contribution in [0.25, 0.3) is 10.9 Å². The molecule has 0 saturated heterocycles. The average Bonchev–Trinajstić information content (AvgIpc) is 2.55. The Morgan fingerprint density at radius 2 is 2.20 bits per heavy atom. The molecule has 2 rings (SSSR count). The third-order valence-corrected chi connectivity index (χ3v) is 3.02. The lowest BCUT2D eigenvalue weighted by Crippen LogP contribution is -1.97. The molecule has 3 heteroatoms. The molecule has 0 aliphatic carbocycles. The zero-order valence-corrected chi connectivity index (χ0v) is 9.62. The van der Waals surface area contributed by atoms with Gasteiger partial charge >= 0.3 is 0 Å². The molecule has 0 radical (unpaired) electrons. The van der Waals surface area contributed by atoms with Crippen molar-refractivity contribution >= 4 is 22.5 Å². The molecule has 1 N–H and O–H groups in total. The zero-order chi connectivity index (χ0) is 11.0. The van der Waals surface area contributed by atoms with E-state index in [0.29, 0.717) is 0 Å². The van der Waals surface area contributed by atoms with E-state index in [1.807, 2.05) is 36.7 Å². The fourth-order valence-corrected chi connectivity index (χ4v) is 2.05. The fraction of sp³-hybridized carbons (Fsp3) is 0.333. The topological polar surface area (TPSA) is 25.2 Å². The van der Waals surface area contributed by atoms with Gasteiger partial charge in [-0.2, -0.15) is 0 Å².